The molecule has 5 nitrogen and oxygen atoms in total. The summed E-state index contributed by atoms with van der Waals surface area (Å²) >= 11 is 1.52. The molecule has 0 atom stereocenters. The molecule has 1 aromatic heterocycles. The number of aromatic nitrogens is 1. The van der Waals surface area contributed by atoms with Gasteiger partial charge in [0.15, 0.2) is 9.84 Å². The maximum Gasteiger partial charge on any atom is 0.154 e. The maximum absolute atomic E-state index is 11.6. The van der Waals surface area contributed by atoms with Crippen molar-refractivity contribution >= 4 is 42.8 Å². The van der Waals surface area contributed by atoms with Gasteiger partial charge in [-0.25, -0.2) is 13.4 Å². The second-order valence-electron chi connectivity index (χ2n) is 5.11. The minimum absolute atomic E-state index is 0.297. The number of hydrogen-bond acceptors (Lipinski definition) is 6. The van der Waals surface area contributed by atoms with Gasteiger partial charge in [0.05, 0.1) is 26.3 Å². The van der Waals surface area contributed by atoms with E-state index in [9.17, 15) is 8.42 Å². The molecule has 0 unspecified atom stereocenters. The Labute approximate surface area is 116 Å². The van der Waals surface area contributed by atoms with Gasteiger partial charge in [-0.15, -0.1) is 11.3 Å². The Morgan fingerprint density at radius 2 is 2.11 bits per heavy atom. The molecule has 0 saturated carbocycles. The fourth-order valence-corrected chi connectivity index (χ4v) is 2.57. The average molecular weight is 299 g/mol. The first-order valence-electron chi connectivity index (χ1n) is 5.77. The van der Waals surface area contributed by atoms with Crippen LogP contribution in [-0.2, 0) is 9.84 Å². The molecule has 0 amide bonds. The number of rotatable bonds is 4. The Balaban J connectivity index is 2.25. The van der Waals surface area contributed by atoms with Gasteiger partial charge in [-0.2, -0.15) is 0 Å². The first kappa shape index (κ1) is 14.1. The summed E-state index contributed by atoms with van der Waals surface area (Å²) in [6, 6.07) is 3.79. The van der Waals surface area contributed by atoms with Crippen LogP contribution in [0, 0.1) is 0 Å². The van der Waals surface area contributed by atoms with Gasteiger partial charge in [0.25, 0.3) is 0 Å². The van der Waals surface area contributed by atoms with E-state index in [4.69, 9.17) is 5.73 Å². The van der Waals surface area contributed by atoms with E-state index >= 15 is 0 Å². The normalized spacial score (nSPS) is 12.8. The molecule has 3 N–H and O–H groups in total. The van der Waals surface area contributed by atoms with Crippen molar-refractivity contribution in [3.05, 3.63) is 17.6 Å². The molecule has 0 aliphatic carbocycles. The van der Waals surface area contributed by atoms with Crippen LogP contribution >= 0.6 is 11.3 Å². The number of nitrogens with one attached hydrogen (secondary N) is 1. The highest BCUT2D eigenvalue weighted by atomic mass is 32.2. The van der Waals surface area contributed by atoms with E-state index in [2.05, 4.69) is 10.3 Å². The third-order valence-electron chi connectivity index (χ3n) is 3.25. The molecular weight excluding hydrogens is 282 g/mol. The number of sulfone groups is 1. The lowest BCUT2D eigenvalue weighted by Gasteiger charge is -2.23. The minimum Gasteiger partial charge on any atom is -0.395 e. The zero-order chi connectivity index (χ0) is 14.3. The second kappa shape index (κ2) is 4.64. The molecule has 19 heavy (non-hydrogen) atoms. The summed E-state index contributed by atoms with van der Waals surface area (Å²) in [4.78, 5) is 4.21. The van der Waals surface area contributed by atoms with E-state index in [0.29, 0.717) is 12.2 Å². The monoisotopic (exact) mass is 299 g/mol. The van der Waals surface area contributed by atoms with Gasteiger partial charge in [0.2, 0.25) is 0 Å². The topological polar surface area (TPSA) is 85.1 Å². The van der Waals surface area contributed by atoms with Crippen LogP contribution in [-0.4, -0.2) is 30.9 Å². The lowest BCUT2D eigenvalue weighted by atomic mass is 10.2. The molecule has 2 rings (SSSR count). The SMILES string of the molecule is CC(C)(CNc1ccc2scnc2c1N)S(C)(=O)=O. The van der Waals surface area contributed by atoms with E-state index in [-0.39, 0.29) is 0 Å². The zero-order valence-corrected chi connectivity index (χ0v) is 12.7. The number of thiazole rings is 1. The lowest BCUT2D eigenvalue weighted by Crippen LogP contribution is -2.38. The second-order valence-corrected chi connectivity index (χ2v) is 8.65. The molecule has 0 fully saturated rings. The quantitative estimate of drug-likeness (QED) is 0.845. The van der Waals surface area contributed by atoms with Crippen molar-refractivity contribution < 1.29 is 8.42 Å². The van der Waals surface area contributed by atoms with Gasteiger partial charge in [0, 0.05) is 12.8 Å². The Morgan fingerprint density at radius 1 is 1.42 bits per heavy atom. The van der Waals surface area contributed by atoms with Gasteiger partial charge in [0.1, 0.15) is 5.52 Å². The predicted octanol–water partition coefficient (Wildman–Crippen LogP) is 2.11. The fourth-order valence-electron chi connectivity index (χ4n) is 1.55. The van der Waals surface area contributed by atoms with Crippen molar-refractivity contribution in [3.63, 3.8) is 0 Å². The fraction of sp³-hybridized carbons (Fsp3) is 0.417. The molecule has 0 aliphatic rings. The summed E-state index contributed by atoms with van der Waals surface area (Å²) in [5.41, 5.74) is 9.81. The highest BCUT2D eigenvalue weighted by molar-refractivity contribution is 7.92. The van der Waals surface area contributed by atoms with Crippen LogP contribution in [0.4, 0.5) is 11.4 Å². The number of anilines is 2. The van der Waals surface area contributed by atoms with Gasteiger partial charge < -0.3 is 11.1 Å². The molecule has 1 heterocycles. The standard InChI is InChI=1S/C12H17N3O2S2/c1-12(2,19(3,16)17)6-14-8-4-5-9-11(10(8)13)15-7-18-9/h4-5,7,14H,6,13H2,1-3H3. The van der Waals surface area contributed by atoms with Crippen molar-refractivity contribution in [2.24, 2.45) is 0 Å². The van der Waals surface area contributed by atoms with Crippen molar-refractivity contribution in [1.29, 1.82) is 0 Å². The molecule has 1 aromatic carbocycles. The molecule has 2 aromatic rings. The van der Waals surface area contributed by atoms with E-state index in [1.807, 2.05) is 12.1 Å². The van der Waals surface area contributed by atoms with Crippen LogP contribution in [0.25, 0.3) is 10.2 Å². The van der Waals surface area contributed by atoms with Crippen molar-refractivity contribution in [3.8, 4) is 0 Å². The van der Waals surface area contributed by atoms with Crippen LogP contribution < -0.4 is 11.1 Å². The van der Waals surface area contributed by atoms with Crippen LogP contribution in [0.1, 0.15) is 13.8 Å². The number of benzene rings is 1. The lowest BCUT2D eigenvalue weighted by molar-refractivity contribution is 0.560. The number of fused-ring (bicyclic) bond motifs is 1. The molecule has 104 valence electrons. The maximum atomic E-state index is 11.6. The molecule has 7 heteroatoms. The van der Waals surface area contributed by atoms with Gasteiger partial charge in [-0.1, -0.05) is 0 Å². The van der Waals surface area contributed by atoms with E-state index < -0.39 is 14.6 Å². The number of nitrogens with zero attached hydrogens (tertiary/aromatic N) is 1. The van der Waals surface area contributed by atoms with E-state index in [1.165, 1.54) is 17.6 Å². The van der Waals surface area contributed by atoms with Crippen LogP contribution in [0.2, 0.25) is 0 Å². The highest BCUT2D eigenvalue weighted by Crippen LogP contribution is 2.30. The summed E-state index contributed by atoms with van der Waals surface area (Å²) in [5.74, 6) is 0. The summed E-state index contributed by atoms with van der Waals surface area (Å²) < 4.78 is 23.5. The van der Waals surface area contributed by atoms with Crippen molar-refractivity contribution in [1.82, 2.24) is 4.98 Å². The molecule has 0 bridgehead atoms. The third-order valence-corrected chi connectivity index (χ3v) is 6.20. The van der Waals surface area contributed by atoms with Crippen LogP contribution in [0.5, 0.6) is 0 Å². The summed E-state index contributed by atoms with van der Waals surface area (Å²) in [5, 5.41) is 3.10. The zero-order valence-electron chi connectivity index (χ0n) is 11.1. The summed E-state index contributed by atoms with van der Waals surface area (Å²) in [7, 11) is -3.13. The number of hydrogen-bond donors (Lipinski definition) is 2. The Kier molecular flexibility index (Phi) is 3.44. The number of nitrogen functional groups attached to an aromatic ring is 1. The summed E-state index contributed by atoms with van der Waals surface area (Å²) in [6.45, 7) is 3.67. The first-order chi connectivity index (χ1) is 8.72. The molecule has 0 radical (unpaired) electrons. The first-order valence-corrected chi connectivity index (χ1v) is 8.54. The molecule has 0 saturated heterocycles. The number of nitrogens with two attached hydrogens (primary N) is 1. The van der Waals surface area contributed by atoms with E-state index in [1.54, 1.807) is 19.4 Å². The minimum atomic E-state index is -3.13. The molecular formula is C12H17N3O2S2. The summed E-state index contributed by atoms with van der Waals surface area (Å²) in [6.07, 6.45) is 1.24. The predicted molar refractivity (Wildman–Crippen MR) is 81.4 cm³/mol. The van der Waals surface area contributed by atoms with Crippen molar-refractivity contribution in [2.75, 3.05) is 23.9 Å². The van der Waals surface area contributed by atoms with Gasteiger partial charge in [-0.3, -0.25) is 0 Å². The van der Waals surface area contributed by atoms with Crippen LogP contribution in [0.15, 0.2) is 17.6 Å². The third kappa shape index (κ3) is 2.66. The Bertz CT molecular complexity index is 705. The largest absolute Gasteiger partial charge is 0.395 e. The van der Waals surface area contributed by atoms with Crippen molar-refractivity contribution in [2.45, 2.75) is 18.6 Å². The van der Waals surface area contributed by atoms with Crippen LogP contribution in [0.3, 0.4) is 0 Å². The smallest absolute Gasteiger partial charge is 0.154 e. The van der Waals surface area contributed by atoms with Gasteiger partial charge in [-0.05, 0) is 26.0 Å². The van der Waals surface area contributed by atoms with E-state index in [0.717, 1.165) is 15.9 Å². The Hall–Kier alpha value is -1.34. The Morgan fingerprint density at radius 3 is 2.74 bits per heavy atom. The highest BCUT2D eigenvalue weighted by Gasteiger charge is 2.30. The average Bonchev–Trinajstić information content (AvgIpc) is 2.75. The molecule has 0 aliphatic heterocycles. The molecule has 0 spiro atoms. The van der Waals surface area contributed by atoms with Gasteiger partial charge >= 0.3 is 0 Å².